The summed E-state index contributed by atoms with van der Waals surface area (Å²) in [5, 5.41) is 0. The van der Waals surface area contributed by atoms with Gasteiger partial charge in [0, 0.05) is 5.75 Å². The zero-order valence-corrected chi connectivity index (χ0v) is 8.07. The molecular weight excluding hydrogens is 184 g/mol. The molecule has 0 amide bonds. The average Bonchev–Trinajstić information content (AvgIpc) is 1.84. The molecule has 4 heteroatoms. The van der Waals surface area contributed by atoms with Crippen LogP contribution in [-0.2, 0) is 18.7 Å². The van der Waals surface area contributed by atoms with Crippen LogP contribution in [0.15, 0.2) is 25.3 Å². The molecule has 0 aromatic heterocycles. The van der Waals surface area contributed by atoms with Gasteiger partial charge in [0.05, 0.1) is 13.3 Å². The molecule has 1 unspecified atom stereocenters. The summed E-state index contributed by atoms with van der Waals surface area (Å²) in [6.07, 6.45) is 3.28. The van der Waals surface area contributed by atoms with E-state index in [1.54, 1.807) is 12.2 Å². The Morgan fingerprint density at radius 3 is 2.50 bits per heavy atom. The van der Waals surface area contributed by atoms with Crippen molar-refractivity contribution in [3.8, 4) is 0 Å². The highest BCUT2D eigenvalue weighted by Crippen LogP contribution is 2.13. The summed E-state index contributed by atoms with van der Waals surface area (Å²) >= 11 is 4.78. The summed E-state index contributed by atoms with van der Waals surface area (Å²) in [6, 6.07) is 0. The fourth-order valence-corrected chi connectivity index (χ4v) is 3.31. The monoisotopic (exact) mass is 194 g/mol. The first-order chi connectivity index (χ1) is 4.62. The van der Waals surface area contributed by atoms with Gasteiger partial charge >= 0.3 is 0 Å². The zero-order valence-electron chi connectivity index (χ0n) is 5.62. The van der Waals surface area contributed by atoms with Gasteiger partial charge in [0.15, 0.2) is 0 Å². The first kappa shape index (κ1) is 10.2. The van der Waals surface area contributed by atoms with Crippen molar-refractivity contribution in [3.63, 3.8) is 0 Å². The van der Waals surface area contributed by atoms with Crippen LogP contribution in [0.5, 0.6) is 0 Å². The Morgan fingerprint density at radius 1 is 1.50 bits per heavy atom. The summed E-state index contributed by atoms with van der Waals surface area (Å²) in [5.74, 6) is 1.05. The zero-order chi connectivity index (χ0) is 8.04. The topological polar surface area (TPSA) is 17.1 Å². The molecule has 1 atom stereocenters. The Morgan fingerprint density at radius 2 is 2.10 bits per heavy atom. The summed E-state index contributed by atoms with van der Waals surface area (Å²) in [4.78, 5) is 0. The Balaban J connectivity index is 3.87. The van der Waals surface area contributed by atoms with E-state index in [1.807, 2.05) is 0 Å². The summed E-state index contributed by atoms with van der Waals surface area (Å²) in [6.45, 7) is 6.97. The predicted octanol–water partition coefficient (Wildman–Crippen LogP) is 1.75. The molecule has 0 saturated carbocycles. The van der Waals surface area contributed by atoms with Gasteiger partial charge in [-0.2, -0.15) is 0 Å². The lowest BCUT2D eigenvalue weighted by Crippen LogP contribution is -1.95. The lowest BCUT2D eigenvalue weighted by atomic mass is 10.8. The second kappa shape index (κ2) is 4.93. The minimum atomic E-state index is -2.13. The molecule has 0 rings (SSSR count). The van der Waals surface area contributed by atoms with Gasteiger partial charge in [0.2, 0.25) is 0 Å². The highest BCUT2D eigenvalue weighted by molar-refractivity contribution is 8.85. The first-order valence-corrected chi connectivity index (χ1v) is 6.87. The standard InChI is InChI=1S/C6H10OS3/c1-3-5-9-10(7,8)6-4-2/h3-4H,1-2,5-6H2. The van der Waals surface area contributed by atoms with Crippen molar-refractivity contribution in [2.24, 2.45) is 0 Å². The van der Waals surface area contributed by atoms with Crippen molar-refractivity contribution in [2.75, 3.05) is 11.5 Å². The van der Waals surface area contributed by atoms with Crippen molar-refractivity contribution >= 4 is 29.5 Å². The van der Waals surface area contributed by atoms with Crippen LogP contribution < -0.4 is 0 Å². The third-order valence-electron chi connectivity index (χ3n) is 0.687. The van der Waals surface area contributed by atoms with Crippen LogP contribution in [0.2, 0.25) is 0 Å². The average molecular weight is 194 g/mol. The van der Waals surface area contributed by atoms with E-state index in [2.05, 4.69) is 13.2 Å². The molecule has 0 radical (unpaired) electrons. The van der Waals surface area contributed by atoms with Gasteiger partial charge < -0.3 is 0 Å². The van der Waals surface area contributed by atoms with Crippen LogP contribution in [0.25, 0.3) is 0 Å². The molecule has 0 fully saturated rings. The normalized spacial score (nSPS) is 15.6. The van der Waals surface area contributed by atoms with Crippen molar-refractivity contribution in [2.45, 2.75) is 0 Å². The van der Waals surface area contributed by atoms with Gasteiger partial charge in [-0.1, -0.05) is 22.9 Å². The van der Waals surface area contributed by atoms with Crippen molar-refractivity contribution in [1.82, 2.24) is 0 Å². The van der Waals surface area contributed by atoms with Crippen LogP contribution in [0, 0.1) is 0 Å². The molecule has 0 heterocycles. The van der Waals surface area contributed by atoms with Gasteiger partial charge in [-0.3, -0.25) is 0 Å². The molecule has 1 nitrogen and oxygen atoms in total. The van der Waals surface area contributed by atoms with E-state index in [1.165, 1.54) is 10.8 Å². The lowest BCUT2D eigenvalue weighted by Gasteiger charge is -1.98. The number of hydrogen-bond donors (Lipinski definition) is 0. The molecule has 0 aliphatic rings. The Hall–Kier alpha value is 0.200. The van der Waals surface area contributed by atoms with Crippen molar-refractivity contribution in [1.29, 1.82) is 0 Å². The van der Waals surface area contributed by atoms with E-state index < -0.39 is 7.52 Å². The Bertz CT molecular complexity index is 203. The molecular formula is C6H10OS3. The van der Waals surface area contributed by atoms with Crippen LogP contribution in [0.4, 0.5) is 0 Å². The van der Waals surface area contributed by atoms with Gasteiger partial charge in [-0.15, -0.1) is 13.2 Å². The highest BCUT2D eigenvalue weighted by Gasteiger charge is 2.01. The largest absolute Gasteiger partial charge is 0.246 e. The summed E-state index contributed by atoms with van der Waals surface area (Å²) in [7, 11) is -0.877. The van der Waals surface area contributed by atoms with E-state index in [0.29, 0.717) is 11.5 Å². The van der Waals surface area contributed by atoms with Gasteiger partial charge in [0.1, 0.15) is 0 Å². The molecule has 0 spiro atoms. The second-order valence-corrected chi connectivity index (χ2v) is 8.17. The second-order valence-electron chi connectivity index (χ2n) is 1.59. The SMILES string of the molecule is C=CCSS(=O)(=S)CC=C. The Labute approximate surface area is 70.7 Å². The van der Waals surface area contributed by atoms with Crippen molar-refractivity contribution < 1.29 is 4.21 Å². The number of rotatable bonds is 5. The van der Waals surface area contributed by atoms with Crippen LogP contribution in [0.1, 0.15) is 0 Å². The molecule has 0 aromatic carbocycles. The van der Waals surface area contributed by atoms with E-state index >= 15 is 0 Å². The lowest BCUT2D eigenvalue weighted by molar-refractivity contribution is 0.692. The minimum Gasteiger partial charge on any atom is -0.246 e. The molecule has 0 N–H and O–H groups in total. The minimum absolute atomic E-state index is 0.404. The fourth-order valence-electron chi connectivity index (χ4n) is 0.344. The molecule has 0 aliphatic heterocycles. The molecule has 0 saturated heterocycles. The molecule has 0 bridgehead atoms. The third kappa shape index (κ3) is 5.02. The molecule has 58 valence electrons. The summed E-state index contributed by atoms with van der Waals surface area (Å²) in [5.41, 5.74) is 0. The summed E-state index contributed by atoms with van der Waals surface area (Å²) < 4.78 is 11.2. The van der Waals surface area contributed by atoms with E-state index in [-0.39, 0.29) is 0 Å². The van der Waals surface area contributed by atoms with Crippen LogP contribution in [0.3, 0.4) is 0 Å². The van der Waals surface area contributed by atoms with Gasteiger partial charge in [0.25, 0.3) is 0 Å². The smallest absolute Gasteiger partial charge is 0.0857 e. The Kier molecular flexibility index (Phi) is 5.03. The van der Waals surface area contributed by atoms with Gasteiger partial charge in [-0.05, 0) is 11.2 Å². The maximum absolute atomic E-state index is 11.2. The number of hydrogen-bond acceptors (Lipinski definition) is 3. The quantitative estimate of drug-likeness (QED) is 0.490. The molecule has 0 aliphatic carbocycles. The highest BCUT2D eigenvalue weighted by atomic mass is 33.3. The van der Waals surface area contributed by atoms with Crippen LogP contribution >= 0.6 is 10.8 Å². The molecule has 10 heavy (non-hydrogen) atoms. The van der Waals surface area contributed by atoms with Crippen molar-refractivity contribution in [3.05, 3.63) is 25.3 Å². The first-order valence-electron chi connectivity index (χ1n) is 2.71. The fraction of sp³-hybridized carbons (Fsp3) is 0.333. The maximum Gasteiger partial charge on any atom is 0.0857 e. The van der Waals surface area contributed by atoms with E-state index in [9.17, 15) is 4.21 Å². The van der Waals surface area contributed by atoms with Crippen LogP contribution in [-0.4, -0.2) is 15.7 Å². The third-order valence-corrected chi connectivity index (χ3v) is 5.23. The van der Waals surface area contributed by atoms with E-state index in [0.717, 1.165) is 0 Å². The van der Waals surface area contributed by atoms with E-state index in [4.69, 9.17) is 11.2 Å². The predicted molar refractivity (Wildman–Crippen MR) is 53.2 cm³/mol. The van der Waals surface area contributed by atoms with Gasteiger partial charge in [-0.25, -0.2) is 4.21 Å². The molecule has 0 aromatic rings. The maximum atomic E-state index is 11.2.